The molecule has 1 aromatic heterocycles. The fraction of sp³-hybridized carbons (Fsp3) is 0.292. The lowest BCUT2D eigenvalue weighted by molar-refractivity contribution is -0.170. The Bertz CT molecular complexity index is 920. The predicted molar refractivity (Wildman–Crippen MR) is 112 cm³/mol. The minimum atomic E-state index is -1.56. The molecule has 30 heavy (non-hydrogen) atoms. The van der Waals surface area contributed by atoms with Crippen molar-refractivity contribution >= 4 is 11.9 Å². The lowest BCUT2D eigenvalue weighted by Crippen LogP contribution is -2.41. The molecule has 3 rings (SSSR count). The van der Waals surface area contributed by atoms with Gasteiger partial charge in [0.05, 0.1) is 19.6 Å². The van der Waals surface area contributed by atoms with Gasteiger partial charge in [-0.1, -0.05) is 60.7 Å². The van der Waals surface area contributed by atoms with Gasteiger partial charge in [0.1, 0.15) is 5.69 Å². The summed E-state index contributed by atoms with van der Waals surface area (Å²) in [5.74, 6) is -0.489. The van der Waals surface area contributed by atoms with Crippen LogP contribution in [-0.4, -0.2) is 30.1 Å². The van der Waals surface area contributed by atoms with Gasteiger partial charge in [0, 0.05) is 11.1 Å². The molecule has 0 aliphatic heterocycles. The minimum Gasteiger partial charge on any atom is -0.465 e. The van der Waals surface area contributed by atoms with E-state index >= 15 is 0 Å². The molecule has 0 fully saturated rings. The SMILES string of the molecule is CCOC(=O)C(C)(Cc1nc(-c2ccccc2)c(-c2ccccc2)o1)C(=O)OCC. The average molecular weight is 407 g/mol. The molecule has 156 valence electrons. The Balaban J connectivity index is 2.06. The van der Waals surface area contributed by atoms with Gasteiger partial charge in [0.2, 0.25) is 0 Å². The van der Waals surface area contributed by atoms with E-state index in [9.17, 15) is 9.59 Å². The monoisotopic (exact) mass is 407 g/mol. The van der Waals surface area contributed by atoms with Crippen molar-refractivity contribution in [3.05, 3.63) is 66.6 Å². The Hall–Kier alpha value is -3.41. The number of oxazole rings is 1. The number of aromatic nitrogens is 1. The van der Waals surface area contributed by atoms with Crippen molar-refractivity contribution in [1.29, 1.82) is 0 Å². The summed E-state index contributed by atoms with van der Waals surface area (Å²) < 4.78 is 16.4. The van der Waals surface area contributed by atoms with Crippen LogP contribution >= 0.6 is 0 Å². The zero-order chi connectivity index (χ0) is 21.6. The summed E-state index contributed by atoms with van der Waals surface area (Å²) in [6.45, 7) is 5.19. The lowest BCUT2D eigenvalue weighted by atomic mass is 9.86. The average Bonchev–Trinajstić information content (AvgIpc) is 3.19. The maximum Gasteiger partial charge on any atom is 0.323 e. The van der Waals surface area contributed by atoms with Crippen molar-refractivity contribution in [3.63, 3.8) is 0 Å². The molecule has 1 heterocycles. The summed E-state index contributed by atoms with van der Waals surface area (Å²) in [7, 11) is 0. The zero-order valence-electron chi connectivity index (χ0n) is 17.4. The van der Waals surface area contributed by atoms with Gasteiger partial charge in [0.15, 0.2) is 17.1 Å². The van der Waals surface area contributed by atoms with Crippen LogP contribution in [0.25, 0.3) is 22.6 Å². The van der Waals surface area contributed by atoms with Gasteiger partial charge in [0.25, 0.3) is 0 Å². The number of ether oxygens (including phenoxy) is 2. The number of hydrogen-bond acceptors (Lipinski definition) is 6. The minimum absolute atomic E-state index is 0.0721. The third-order valence-corrected chi connectivity index (χ3v) is 4.71. The second-order valence-corrected chi connectivity index (χ2v) is 6.97. The maximum absolute atomic E-state index is 12.6. The van der Waals surface area contributed by atoms with Gasteiger partial charge in [-0.25, -0.2) is 4.98 Å². The molecule has 0 amide bonds. The van der Waals surface area contributed by atoms with Crippen molar-refractivity contribution in [2.45, 2.75) is 27.2 Å². The number of nitrogens with zero attached hydrogens (tertiary/aromatic N) is 1. The van der Waals surface area contributed by atoms with Crippen LogP contribution in [0.1, 0.15) is 26.7 Å². The molecule has 0 radical (unpaired) electrons. The standard InChI is InChI=1S/C24H25NO5/c1-4-28-22(26)24(3,23(27)29-5-2)16-19-25-20(17-12-8-6-9-13-17)21(30-19)18-14-10-7-11-15-18/h6-15H,4-5,16H2,1-3H3. The molecule has 3 aromatic rings. The molecule has 0 bridgehead atoms. The first kappa shape index (κ1) is 21.3. The first-order valence-corrected chi connectivity index (χ1v) is 9.94. The Morgan fingerprint density at radius 1 is 0.867 bits per heavy atom. The van der Waals surface area contributed by atoms with Crippen LogP contribution in [0.15, 0.2) is 65.1 Å². The third-order valence-electron chi connectivity index (χ3n) is 4.71. The second kappa shape index (κ2) is 9.39. The van der Waals surface area contributed by atoms with Crippen LogP contribution in [0.2, 0.25) is 0 Å². The molecule has 0 N–H and O–H groups in total. The van der Waals surface area contributed by atoms with Crippen molar-refractivity contribution in [2.75, 3.05) is 13.2 Å². The largest absolute Gasteiger partial charge is 0.465 e. The van der Waals surface area contributed by atoms with Crippen LogP contribution in [-0.2, 0) is 25.5 Å². The zero-order valence-corrected chi connectivity index (χ0v) is 17.4. The van der Waals surface area contributed by atoms with E-state index in [1.54, 1.807) is 13.8 Å². The van der Waals surface area contributed by atoms with Gasteiger partial charge >= 0.3 is 11.9 Å². The molecule has 0 aliphatic rings. The molecule has 0 saturated heterocycles. The molecule has 0 spiro atoms. The number of benzene rings is 2. The summed E-state index contributed by atoms with van der Waals surface area (Å²) >= 11 is 0. The van der Waals surface area contributed by atoms with Gasteiger partial charge in [-0.2, -0.15) is 0 Å². The number of rotatable bonds is 8. The van der Waals surface area contributed by atoms with E-state index in [0.717, 1.165) is 11.1 Å². The normalized spacial score (nSPS) is 11.2. The quantitative estimate of drug-likeness (QED) is 0.398. The molecule has 6 heteroatoms. The van der Waals surface area contributed by atoms with E-state index in [4.69, 9.17) is 13.9 Å². The van der Waals surface area contributed by atoms with Crippen molar-refractivity contribution < 1.29 is 23.5 Å². The molecule has 0 unspecified atom stereocenters. The molecule has 0 saturated carbocycles. The van der Waals surface area contributed by atoms with E-state index in [-0.39, 0.29) is 25.5 Å². The second-order valence-electron chi connectivity index (χ2n) is 6.97. The van der Waals surface area contributed by atoms with E-state index in [0.29, 0.717) is 11.5 Å². The smallest absolute Gasteiger partial charge is 0.323 e. The van der Waals surface area contributed by atoms with Crippen LogP contribution in [0.4, 0.5) is 0 Å². The maximum atomic E-state index is 12.6. The molecule has 2 aromatic carbocycles. The number of hydrogen-bond donors (Lipinski definition) is 0. The van der Waals surface area contributed by atoms with Gasteiger partial charge in [-0.05, 0) is 20.8 Å². The Kier molecular flexibility index (Phi) is 6.67. The number of carbonyl (C=O) groups excluding carboxylic acids is 2. The van der Waals surface area contributed by atoms with Crippen LogP contribution in [0.3, 0.4) is 0 Å². The van der Waals surface area contributed by atoms with E-state index in [2.05, 4.69) is 4.98 Å². The highest BCUT2D eigenvalue weighted by atomic mass is 16.6. The summed E-state index contributed by atoms with van der Waals surface area (Å²) in [4.78, 5) is 29.9. The third kappa shape index (κ3) is 4.43. The van der Waals surface area contributed by atoms with E-state index in [1.165, 1.54) is 6.92 Å². The van der Waals surface area contributed by atoms with Gasteiger partial charge in [-0.3, -0.25) is 9.59 Å². The molecular weight excluding hydrogens is 382 g/mol. The summed E-state index contributed by atoms with van der Waals surface area (Å²) in [6, 6.07) is 19.2. The van der Waals surface area contributed by atoms with Crippen LogP contribution in [0.5, 0.6) is 0 Å². The van der Waals surface area contributed by atoms with Crippen molar-refractivity contribution in [1.82, 2.24) is 4.98 Å². The highest BCUT2D eigenvalue weighted by Crippen LogP contribution is 2.35. The summed E-state index contributed by atoms with van der Waals surface area (Å²) in [5.41, 5.74) is 0.815. The first-order chi connectivity index (χ1) is 14.5. The fourth-order valence-electron chi connectivity index (χ4n) is 3.13. The topological polar surface area (TPSA) is 78.6 Å². The Labute approximate surface area is 175 Å². The Morgan fingerprint density at radius 2 is 1.37 bits per heavy atom. The molecule has 0 aliphatic carbocycles. The van der Waals surface area contributed by atoms with Gasteiger partial charge < -0.3 is 13.9 Å². The summed E-state index contributed by atoms with van der Waals surface area (Å²) in [6.07, 6.45) is -0.0721. The fourth-order valence-corrected chi connectivity index (χ4v) is 3.13. The molecular formula is C24H25NO5. The Morgan fingerprint density at radius 3 is 1.87 bits per heavy atom. The number of esters is 2. The van der Waals surface area contributed by atoms with E-state index in [1.807, 2.05) is 60.7 Å². The number of carbonyl (C=O) groups is 2. The van der Waals surface area contributed by atoms with Crippen molar-refractivity contribution in [2.24, 2.45) is 5.41 Å². The predicted octanol–water partition coefficient (Wildman–Crippen LogP) is 4.68. The van der Waals surface area contributed by atoms with Gasteiger partial charge in [-0.15, -0.1) is 0 Å². The van der Waals surface area contributed by atoms with Crippen molar-refractivity contribution in [3.8, 4) is 22.6 Å². The highest BCUT2D eigenvalue weighted by molar-refractivity contribution is 5.99. The molecule has 0 atom stereocenters. The van der Waals surface area contributed by atoms with Crippen LogP contribution in [0, 0.1) is 5.41 Å². The highest BCUT2D eigenvalue weighted by Gasteiger charge is 2.46. The summed E-state index contributed by atoms with van der Waals surface area (Å²) in [5, 5.41) is 0. The lowest BCUT2D eigenvalue weighted by Gasteiger charge is -2.23. The van der Waals surface area contributed by atoms with E-state index < -0.39 is 17.4 Å². The first-order valence-electron chi connectivity index (χ1n) is 9.94. The van der Waals surface area contributed by atoms with Crippen LogP contribution < -0.4 is 0 Å². The molecule has 6 nitrogen and oxygen atoms in total.